The molecule has 1 fully saturated rings. The fourth-order valence-electron chi connectivity index (χ4n) is 4.19. The Morgan fingerprint density at radius 1 is 0.774 bits per heavy atom. The molecule has 0 aliphatic carbocycles. The Hall–Kier alpha value is -2.99. The van der Waals surface area contributed by atoms with Gasteiger partial charge in [0.05, 0.1) is 12.3 Å². The Kier molecular flexibility index (Phi) is 7.10. The van der Waals surface area contributed by atoms with Crippen molar-refractivity contribution in [2.45, 2.75) is 32.2 Å². The average Bonchev–Trinajstić information content (AvgIpc) is 3.20. The highest BCUT2D eigenvalue weighted by molar-refractivity contribution is 6.02. The number of hydrogen-bond acceptors (Lipinski definition) is 4. The Morgan fingerprint density at radius 3 is 2.26 bits per heavy atom. The zero-order valence-electron chi connectivity index (χ0n) is 17.9. The topological polar surface area (TPSA) is 56.2 Å². The summed E-state index contributed by atoms with van der Waals surface area (Å²) >= 11 is 0. The number of carbonyl (C=O) groups is 2. The third kappa shape index (κ3) is 5.79. The van der Waals surface area contributed by atoms with Crippen LogP contribution in [0.1, 0.15) is 36.8 Å². The van der Waals surface area contributed by atoms with Crippen LogP contribution in [0.4, 0.5) is 0 Å². The number of hydrazone groups is 1. The molecule has 1 saturated heterocycles. The minimum atomic E-state index is -0.0696. The molecule has 31 heavy (non-hydrogen) atoms. The number of carbonyl (C=O) groups excluding carboxylic acids is 2. The molecule has 162 valence electrons. The molecule has 0 bridgehead atoms. The molecule has 2 amide bonds. The quantitative estimate of drug-likeness (QED) is 0.724. The maximum atomic E-state index is 12.7. The summed E-state index contributed by atoms with van der Waals surface area (Å²) in [6, 6.07) is 20.4. The Bertz CT molecular complexity index is 914. The molecule has 6 heteroatoms. The zero-order chi connectivity index (χ0) is 21.5. The van der Waals surface area contributed by atoms with Crippen molar-refractivity contribution >= 4 is 17.5 Å². The van der Waals surface area contributed by atoms with Gasteiger partial charge >= 0.3 is 0 Å². The highest BCUT2D eigenvalue weighted by Gasteiger charge is 2.24. The van der Waals surface area contributed by atoms with Crippen molar-refractivity contribution in [2.24, 2.45) is 5.10 Å². The van der Waals surface area contributed by atoms with Gasteiger partial charge in [-0.25, -0.2) is 5.01 Å². The van der Waals surface area contributed by atoms with Crippen molar-refractivity contribution in [1.29, 1.82) is 0 Å². The van der Waals surface area contributed by atoms with Gasteiger partial charge in [0.25, 0.3) is 0 Å². The Balaban J connectivity index is 1.23. The first-order valence-corrected chi connectivity index (χ1v) is 11.2. The lowest BCUT2D eigenvalue weighted by Crippen LogP contribution is -2.35. The van der Waals surface area contributed by atoms with Crippen LogP contribution < -0.4 is 0 Å². The summed E-state index contributed by atoms with van der Waals surface area (Å²) in [6.07, 6.45) is 2.19. The van der Waals surface area contributed by atoms with Gasteiger partial charge in [0.15, 0.2) is 0 Å². The van der Waals surface area contributed by atoms with Gasteiger partial charge < -0.3 is 4.90 Å². The molecule has 0 saturated carbocycles. The highest BCUT2D eigenvalue weighted by Crippen LogP contribution is 2.16. The fraction of sp³-hybridized carbons (Fsp3) is 0.400. The van der Waals surface area contributed by atoms with Crippen molar-refractivity contribution in [2.75, 3.05) is 32.7 Å². The van der Waals surface area contributed by atoms with Crippen LogP contribution in [-0.4, -0.2) is 65.1 Å². The molecule has 0 radical (unpaired) electrons. The number of rotatable bonds is 6. The second-order valence-electron chi connectivity index (χ2n) is 8.18. The molecule has 0 unspecified atom stereocenters. The summed E-state index contributed by atoms with van der Waals surface area (Å²) < 4.78 is 0. The van der Waals surface area contributed by atoms with Crippen LogP contribution in [0.15, 0.2) is 65.8 Å². The summed E-state index contributed by atoms with van der Waals surface area (Å²) in [5.74, 6) is 0.00109. The molecule has 0 spiro atoms. The van der Waals surface area contributed by atoms with E-state index in [2.05, 4.69) is 34.3 Å². The third-order valence-corrected chi connectivity index (χ3v) is 5.94. The molecular weight excluding hydrogens is 388 g/mol. The third-order valence-electron chi connectivity index (χ3n) is 5.94. The lowest BCUT2D eigenvalue weighted by atomic mass is 10.1. The van der Waals surface area contributed by atoms with Crippen molar-refractivity contribution < 1.29 is 9.59 Å². The van der Waals surface area contributed by atoms with Crippen LogP contribution in [0.2, 0.25) is 0 Å². The van der Waals surface area contributed by atoms with Crippen molar-refractivity contribution in [3.8, 4) is 0 Å². The first-order valence-electron chi connectivity index (χ1n) is 11.2. The van der Waals surface area contributed by atoms with Crippen LogP contribution in [0.25, 0.3) is 0 Å². The maximum absolute atomic E-state index is 12.7. The molecule has 0 aromatic heterocycles. The molecule has 0 N–H and O–H groups in total. The minimum Gasteiger partial charge on any atom is -0.341 e. The summed E-state index contributed by atoms with van der Waals surface area (Å²) in [7, 11) is 0. The SMILES string of the molecule is O=C(CCC(=O)N1CCC(c2ccccc2)=N1)N1CCCN(Cc2ccccc2)CC1. The summed E-state index contributed by atoms with van der Waals surface area (Å²) in [6.45, 7) is 4.85. The van der Waals surface area contributed by atoms with Crippen LogP contribution in [0, 0.1) is 0 Å². The number of hydrogen-bond donors (Lipinski definition) is 0. The summed E-state index contributed by atoms with van der Waals surface area (Å²) in [4.78, 5) is 29.6. The van der Waals surface area contributed by atoms with E-state index >= 15 is 0 Å². The highest BCUT2D eigenvalue weighted by atomic mass is 16.2. The molecular formula is C25H30N4O2. The van der Waals surface area contributed by atoms with Gasteiger partial charge in [-0.1, -0.05) is 60.7 Å². The molecule has 2 aliphatic heterocycles. The van der Waals surface area contributed by atoms with E-state index in [9.17, 15) is 9.59 Å². The van der Waals surface area contributed by atoms with E-state index in [1.54, 1.807) is 0 Å². The van der Waals surface area contributed by atoms with Crippen LogP contribution in [0.3, 0.4) is 0 Å². The fourth-order valence-corrected chi connectivity index (χ4v) is 4.19. The second-order valence-corrected chi connectivity index (χ2v) is 8.18. The van der Waals surface area contributed by atoms with E-state index in [1.165, 1.54) is 10.6 Å². The number of benzene rings is 2. The van der Waals surface area contributed by atoms with E-state index in [0.717, 1.165) is 56.8 Å². The van der Waals surface area contributed by atoms with Crippen LogP contribution in [-0.2, 0) is 16.1 Å². The summed E-state index contributed by atoms with van der Waals surface area (Å²) in [5, 5.41) is 6.01. The molecule has 2 aliphatic rings. The lowest BCUT2D eigenvalue weighted by molar-refractivity contribution is -0.136. The standard InChI is InChI=1S/C25H30N4O2/c30-24(28-16-7-15-27(18-19-28)20-21-8-3-1-4-9-21)12-13-25(31)29-17-14-23(26-29)22-10-5-2-6-11-22/h1-6,8-11H,7,12-20H2. The van der Waals surface area contributed by atoms with E-state index in [-0.39, 0.29) is 24.7 Å². The van der Waals surface area contributed by atoms with Gasteiger partial charge in [0.1, 0.15) is 0 Å². The normalized spacial score (nSPS) is 17.4. The molecule has 2 heterocycles. The minimum absolute atomic E-state index is 0.0696. The maximum Gasteiger partial charge on any atom is 0.243 e. The molecule has 6 nitrogen and oxygen atoms in total. The van der Waals surface area contributed by atoms with E-state index in [4.69, 9.17) is 0 Å². The molecule has 4 rings (SSSR count). The summed E-state index contributed by atoms with van der Waals surface area (Å²) in [5.41, 5.74) is 3.29. The zero-order valence-corrected chi connectivity index (χ0v) is 17.9. The van der Waals surface area contributed by atoms with Crippen LogP contribution >= 0.6 is 0 Å². The van der Waals surface area contributed by atoms with Gasteiger partial charge in [-0.05, 0) is 17.5 Å². The first-order chi connectivity index (χ1) is 15.2. The predicted molar refractivity (Wildman–Crippen MR) is 121 cm³/mol. The largest absolute Gasteiger partial charge is 0.341 e. The molecule has 2 aromatic carbocycles. The van der Waals surface area contributed by atoms with Crippen molar-refractivity contribution in [1.82, 2.24) is 14.8 Å². The Labute approximate surface area is 184 Å². The van der Waals surface area contributed by atoms with Gasteiger partial charge in [-0.15, -0.1) is 0 Å². The van der Waals surface area contributed by atoms with Crippen LogP contribution in [0.5, 0.6) is 0 Å². The molecule has 2 aromatic rings. The average molecular weight is 419 g/mol. The monoisotopic (exact) mass is 418 g/mol. The first kappa shape index (κ1) is 21.2. The van der Waals surface area contributed by atoms with E-state index < -0.39 is 0 Å². The van der Waals surface area contributed by atoms with E-state index in [1.807, 2.05) is 41.3 Å². The number of amides is 2. The predicted octanol–water partition coefficient (Wildman–Crippen LogP) is 3.14. The van der Waals surface area contributed by atoms with Crippen molar-refractivity contribution in [3.05, 3.63) is 71.8 Å². The lowest BCUT2D eigenvalue weighted by Gasteiger charge is -2.22. The smallest absolute Gasteiger partial charge is 0.243 e. The molecule has 0 atom stereocenters. The number of nitrogens with zero attached hydrogens (tertiary/aromatic N) is 4. The second kappa shape index (κ2) is 10.4. The van der Waals surface area contributed by atoms with Crippen molar-refractivity contribution in [3.63, 3.8) is 0 Å². The van der Waals surface area contributed by atoms with Gasteiger partial charge in [-0.3, -0.25) is 14.5 Å². The van der Waals surface area contributed by atoms with Gasteiger partial charge in [0, 0.05) is 52.0 Å². The Morgan fingerprint density at radius 2 is 1.48 bits per heavy atom. The van der Waals surface area contributed by atoms with Gasteiger partial charge in [0.2, 0.25) is 11.8 Å². The van der Waals surface area contributed by atoms with Gasteiger partial charge in [-0.2, -0.15) is 5.10 Å². The van der Waals surface area contributed by atoms with E-state index in [0.29, 0.717) is 6.54 Å².